The van der Waals surface area contributed by atoms with Crippen molar-refractivity contribution in [1.29, 1.82) is 0 Å². The number of nitrogens with zero attached hydrogens (tertiary/aromatic N) is 1. The third kappa shape index (κ3) is 5.55. The number of hydrogen-bond donors (Lipinski definition) is 0. The van der Waals surface area contributed by atoms with Crippen LogP contribution >= 0.6 is 0 Å². The number of hydrogen-bond acceptors (Lipinski definition) is 3. The molecule has 0 bridgehead atoms. The maximum absolute atomic E-state index is 6.28. The van der Waals surface area contributed by atoms with E-state index in [9.17, 15) is 0 Å². The van der Waals surface area contributed by atoms with E-state index < -0.39 is 0 Å². The zero-order chi connectivity index (χ0) is 36.1. The van der Waals surface area contributed by atoms with E-state index in [0.29, 0.717) is 0 Å². The summed E-state index contributed by atoms with van der Waals surface area (Å²) in [6.07, 6.45) is 3.57. The first-order valence-electron chi connectivity index (χ1n) is 17.9. The van der Waals surface area contributed by atoms with E-state index in [0.717, 1.165) is 89.5 Å². The lowest BCUT2D eigenvalue weighted by Gasteiger charge is -2.26. The Kier molecular flexibility index (Phi) is 7.90. The topological polar surface area (TPSA) is 29.5 Å². The molecular weight excluding hydrogens is 647 g/mol. The molecule has 0 atom stereocenters. The average molecular weight is 684 g/mol. The van der Waals surface area contributed by atoms with E-state index in [-0.39, 0.29) is 0 Å². The molecule has 0 aliphatic carbocycles. The first-order valence-corrected chi connectivity index (χ1v) is 17.9. The number of furan rings is 2. The van der Waals surface area contributed by atoms with Gasteiger partial charge in [0.05, 0.1) is 0 Å². The summed E-state index contributed by atoms with van der Waals surface area (Å²) in [4.78, 5) is 2.32. The summed E-state index contributed by atoms with van der Waals surface area (Å²) in [6.45, 7) is 12.1. The van der Waals surface area contributed by atoms with Crippen LogP contribution < -0.4 is 4.90 Å². The second kappa shape index (κ2) is 13.0. The molecule has 0 unspecified atom stereocenters. The fraction of sp³-hybridized carbons (Fsp3) is 0.0400. The second-order valence-corrected chi connectivity index (χ2v) is 13.5. The number of benzene rings is 7. The first kappa shape index (κ1) is 32.1. The third-order valence-electron chi connectivity index (χ3n) is 10.4. The van der Waals surface area contributed by atoms with Crippen LogP contribution in [0.25, 0.3) is 78.2 Å². The van der Waals surface area contributed by atoms with Crippen molar-refractivity contribution in [2.24, 2.45) is 0 Å². The van der Waals surface area contributed by atoms with E-state index in [4.69, 9.17) is 8.83 Å². The van der Waals surface area contributed by atoms with Gasteiger partial charge in [0.1, 0.15) is 22.7 Å². The molecule has 53 heavy (non-hydrogen) atoms. The minimum absolute atomic E-state index is 0.810. The zero-order valence-electron chi connectivity index (χ0n) is 29.8. The molecule has 0 aliphatic heterocycles. The van der Waals surface area contributed by atoms with Gasteiger partial charge in [-0.15, -0.1) is 0 Å². The molecule has 2 aromatic heterocycles. The maximum atomic E-state index is 6.28. The molecule has 254 valence electrons. The highest BCUT2D eigenvalue weighted by atomic mass is 16.3. The molecule has 3 heteroatoms. The normalized spacial score (nSPS) is 11.4. The van der Waals surface area contributed by atoms with E-state index in [1.54, 1.807) is 12.2 Å². The molecule has 0 aliphatic rings. The summed E-state index contributed by atoms with van der Waals surface area (Å²) in [5.74, 6) is 1.62. The minimum atomic E-state index is 0.810. The van der Waals surface area contributed by atoms with Gasteiger partial charge >= 0.3 is 0 Å². The predicted octanol–water partition coefficient (Wildman–Crippen LogP) is 14.7. The highest BCUT2D eigenvalue weighted by Crippen LogP contribution is 2.41. The lowest BCUT2D eigenvalue weighted by molar-refractivity contribution is 0.602. The highest BCUT2D eigenvalue weighted by molar-refractivity contribution is 5.98. The van der Waals surface area contributed by atoms with Crippen molar-refractivity contribution in [3.63, 3.8) is 0 Å². The van der Waals surface area contributed by atoms with Gasteiger partial charge in [0.2, 0.25) is 0 Å². The molecule has 3 nitrogen and oxygen atoms in total. The molecule has 0 amide bonds. The van der Waals surface area contributed by atoms with Crippen molar-refractivity contribution in [1.82, 2.24) is 0 Å². The van der Waals surface area contributed by atoms with Gasteiger partial charge in [0, 0.05) is 50.1 Å². The zero-order valence-corrected chi connectivity index (χ0v) is 29.8. The van der Waals surface area contributed by atoms with Gasteiger partial charge in [-0.25, -0.2) is 0 Å². The Morgan fingerprint density at radius 3 is 1.47 bits per heavy atom. The quantitative estimate of drug-likeness (QED) is 0.160. The van der Waals surface area contributed by atoms with Crippen molar-refractivity contribution in [3.05, 3.63) is 187 Å². The van der Waals surface area contributed by atoms with Crippen LogP contribution in [0.15, 0.2) is 174 Å². The van der Waals surface area contributed by atoms with Gasteiger partial charge in [-0.1, -0.05) is 122 Å². The van der Waals surface area contributed by atoms with Gasteiger partial charge in [-0.3, -0.25) is 0 Å². The van der Waals surface area contributed by atoms with Gasteiger partial charge in [0.25, 0.3) is 0 Å². The summed E-state index contributed by atoms with van der Waals surface area (Å²) in [7, 11) is 0. The molecule has 0 saturated carbocycles. The fourth-order valence-corrected chi connectivity index (χ4v) is 7.59. The first-order chi connectivity index (χ1) is 26.0. The van der Waals surface area contributed by atoms with Crippen LogP contribution in [0, 0.1) is 13.8 Å². The van der Waals surface area contributed by atoms with Crippen LogP contribution in [-0.2, 0) is 0 Å². The van der Waals surface area contributed by atoms with Crippen molar-refractivity contribution >= 4 is 61.9 Å². The Morgan fingerprint density at radius 2 is 0.925 bits per heavy atom. The van der Waals surface area contributed by atoms with Crippen LogP contribution in [0.2, 0.25) is 0 Å². The molecule has 9 aromatic rings. The summed E-state index contributed by atoms with van der Waals surface area (Å²) in [6, 6.07) is 54.1. The predicted molar refractivity (Wildman–Crippen MR) is 224 cm³/mol. The monoisotopic (exact) mass is 683 g/mol. The smallest absolute Gasteiger partial charge is 0.142 e. The van der Waals surface area contributed by atoms with Gasteiger partial charge in [-0.05, 0) is 101 Å². The van der Waals surface area contributed by atoms with Crippen LogP contribution in [0.1, 0.15) is 22.6 Å². The Balaban J connectivity index is 1.15. The van der Waals surface area contributed by atoms with Crippen LogP contribution in [0.4, 0.5) is 17.1 Å². The Bertz CT molecular complexity index is 2700. The van der Waals surface area contributed by atoms with Crippen molar-refractivity contribution in [2.75, 3.05) is 4.90 Å². The van der Waals surface area contributed by atoms with E-state index in [1.807, 2.05) is 0 Å². The molecule has 0 radical (unpaired) electrons. The van der Waals surface area contributed by atoms with Crippen molar-refractivity contribution < 1.29 is 8.83 Å². The van der Waals surface area contributed by atoms with Gasteiger partial charge < -0.3 is 13.7 Å². The van der Waals surface area contributed by atoms with E-state index in [1.165, 1.54) is 16.3 Å². The Hall–Kier alpha value is -6.84. The van der Waals surface area contributed by atoms with Crippen molar-refractivity contribution in [3.8, 4) is 33.4 Å². The number of anilines is 3. The molecule has 2 heterocycles. The molecule has 9 rings (SSSR count). The average Bonchev–Trinajstić information content (AvgIpc) is 3.73. The second-order valence-electron chi connectivity index (χ2n) is 13.5. The van der Waals surface area contributed by atoms with Crippen LogP contribution in [0.5, 0.6) is 0 Å². The largest absolute Gasteiger partial charge is 0.456 e. The highest BCUT2D eigenvalue weighted by Gasteiger charge is 2.18. The van der Waals surface area contributed by atoms with Crippen LogP contribution in [0.3, 0.4) is 0 Å². The summed E-state index contributed by atoms with van der Waals surface area (Å²) >= 11 is 0. The van der Waals surface area contributed by atoms with Crippen LogP contribution in [-0.4, -0.2) is 0 Å². The maximum Gasteiger partial charge on any atom is 0.142 e. The lowest BCUT2D eigenvalue weighted by atomic mass is 9.99. The lowest BCUT2D eigenvalue weighted by Crippen LogP contribution is -2.10. The molecule has 0 N–H and O–H groups in total. The number of rotatable bonds is 8. The number of aryl methyl sites for hydroxylation is 2. The van der Waals surface area contributed by atoms with Gasteiger partial charge in [0.15, 0.2) is 0 Å². The van der Waals surface area contributed by atoms with Crippen molar-refractivity contribution in [2.45, 2.75) is 13.8 Å². The third-order valence-corrected chi connectivity index (χ3v) is 10.4. The summed E-state index contributed by atoms with van der Waals surface area (Å²) in [5.41, 5.74) is 13.8. The standard InChI is InChI=1S/C50H37NO2/c1-5-47-32(3)43-16-10-18-45(49(43)52-47)35-22-26-40(27-23-35)51(42-15-9-14-38(31-42)39-21-20-34-12-7-8-13-37(34)30-39)41-28-24-36(25-29-41)46-19-11-17-44-33(4)48(6-2)53-50(44)46/h5-31H,1-2H2,3-4H3. The SMILES string of the molecule is C=Cc1oc2c(-c3ccc(N(c4ccc(-c5cccc6c(C)c(C=C)oc56)cc4)c4cccc(-c5ccc6ccccc6c5)c4)cc3)cccc2c1C. The molecular formula is C50H37NO2. The number of fused-ring (bicyclic) bond motifs is 3. The fourth-order valence-electron chi connectivity index (χ4n) is 7.59. The molecule has 0 saturated heterocycles. The Labute approximate surface area is 309 Å². The minimum Gasteiger partial charge on any atom is -0.456 e. The Morgan fingerprint density at radius 1 is 0.434 bits per heavy atom. The van der Waals surface area contributed by atoms with E-state index in [2.05, 4.69) is 184 Å². The van der Waals surface area contributed by atoms with Gasteiger partial charge in [-0.2, -0.15) is 0 Å². The van der Waals surface area contributed by atoms with E-state index >= 15 is 0 Å². The molecule has 0 fully saturated rings. The summed E-state index contributed by atoms with van der Waals surface area (Å²) in [5, 5.41) is 4.67. The molecule has 0 spiro atoms. The summed E-state index contributed by atoms with van der Waals surface area (Å²) < 4.78 is 12.6. The molecule has 7 aromatic carbocycles. The number of para-hydroxylation sites is 2.